The largest absolute Gasteiger partial charge is 0.497 e. The van der Waals surface area contributed by atoms with E-state index in [-0.39, 0.29) is 11.4 Å². The molecule has 1 amide bonds. The maximum absolute atomic E-state index is 13.1. The predicted molar refractivity (Wildman–Crippen MR) is 107 cm³/mol. The lowest BCUT2D eigenvalue weighted by molar-refractivity contribution is 0.0930. The van der Waals surface area contributed by atoms with Crippen LogP contribution in [-0.2, 0) is 5.54 Å². The smallest absolute Gasteiger partial charge is 0.252 e. The third kappa shape index (κ3) is 3.12. The molecule has 4 heteroatoms. The lowest BCUT2D eigenvalue weighted by Crippen LogP contribution is -2.35. The Morgan fingerprint density at radius 3 is 2.41 bits per heavy atom. The minimum atomic E-state index is -0.346. The Labute approximate surface area is 159 Å². The van der Waals surface area contributed by atoms with E-state index in [0.29, 0.717) is 11.3 Å². The van der Waals surface area contributed by atoms with E-state index in [9.17, 15) is 4.79 Å². The molecule has 1 aliphatic rings. The Hall–Kier alpha value is -3.01. The van der Waals surface area contributed by atoms with E-state index in [1.807, 2.05) is 43.3 Å². The highest BCUT2D eigenvalue weighted by Crippen LogP contribution is 2.49. The molecule has 0 unspecified atom stereocenters. The van der Waals surface area contributed by atoms with Crippen LogP contribution in [0.2, 0.25) is 0 Å². The molecule has 0 atom stereocenters. The lowest BCUT2D eigenvalue weighted by atomic mass is 9.95. The number of carbonyl (C=O) groups is 1. The van der Waals surface area contributed by atoms with Crippen molar-refractivity contribution in [1.82, 2.24) is 5.32 Å². The number of rotatable bonds is 5. The first kappa shape index (κ1) is 17.4. The molecule has 3 aromatic carbocycles. The molecule has 0 aliphatic heterocycles. The fraction of sp³-hybridized carbons (Fsp3) is 0.261. The summed E-state index contributed by atoms with van der Waals surface area (Å²) in [5.74, 6) is 1.42. The van der Waals surface area contributed by atoms with Gasteiger partial charge in [-0.3, -0.25) is 4.79 Å². The van der Waals surface area contributed by atoms with Gasteiger partial charge in [0.15, 0.2) is 0 Å². The van der Waals surface area contributed by atoms with Gasteiger partial charge in [0.2, 0.25) is 0 Å². The normalized spacial score (nSPS) is 14.6. The molecule has 4 rings (SSSR count). The van der Waals surface area contributed by atoms with Gasteiger partial charge < -0.3 is 14.8 Å². The van der Waals surface area contributed by atoms with Crippen molar-refractivity contribution in [3.63, 3.8) is 0 Å². The summed E-state index contributed by atoms with van der Waals surface area (Å²) in [7, 11) is 3.28. The third-order valence-corrected chi connectivity index (χ3v) is 5.38. The Morgan fingerprint density at radius 1 is 0.963 bits per heavy atom. The SMILES string of the molecule is COc1ccc(C)c(C(=O)NC2(c3cc(OC)cc4ccccc34)CC2)c1. The van der Waals surface area contributed by atoms with Crippen LogP contribution in [0.4, 0.5) is 0 Å². The number of methoxy groups -OCH3 is 2. The van der Waals surface area contributed by atoms with E-state index in [4.69, 9.17) is 9.47 Å². The number of nitrogens with one attached hydrogen (secondary N) is 1. The molecule has 1 aliphatic carbocycles. The Kier molecular flexibility index (Phi) is 4.27. The highest BCUT2D eigenvalue weighted by atomic mass is 16.5. The number of benzene rings is 3. The number of amides is 1. The molecule has 1 N–H and O–H groups in total. The first-order chi connectivity index (χ1) is 13.1. The Bertz CT molecular complexity index is 1020. The van der Waals surface area contributed by atoms with E-state index >= 15 is 0 Å². The average Bonchev–Trinajstić information content (AvgIpc) is 3.47. The van der Waals surface area contributed by atoms with Gasteiger partial charge in [0.05, 0.1) is 19.8 Å². The standard InChI is InChI=1S/C23H23NO3/c1-15-8-9-17(26-2)13-20(15)22(25)24-23(10-11-23)21-14-18(27-3)12-16-6-4-5-7-19(16)21/h4-9,12-14H,10-11H2,1-3H3,(H,24,25). The summed E-state index contributed by atoms with van der Waals surface area (Å²) in [5.41, 5.74) is 2.35. The molecule has 0 bridgehead atoms. The monoisotopic (exact) mass is 361 g/mol. The number of fused-ring (bicyclic) bond motifs is 1. The molecule has 3 aromatic rings. The number of hydrogen-bond acceptors (Lipinski definition) is 3. The molecule has 0 spiro atoms. The second-order valence-corrected chi connectivity index (χ2v) is 7.11. The second-order valence-electron chi connectivity index (χ2n) is 7.11. The van der Waals surface area contributed by atoms with E-state index < -0.39 is 0 Å². The van der Waals surface area contributed by atoms with Crippen LogP contribution in [-0.4, -0.2) is 20.1 Å². The summed E-state index contributed by atoms with van der Waals surface area (Å²) >= 11 is 0. The van der Waals surface area contributed by atoms with E-state index in [1.165, 1.54) is 0 Å². The molecular formula is C23H23NO3. The first-order valence-corrected chi connectivity index (χ1v) is 9.11. The molecule has 138 valence electrons. The molecule has 27 heavy (non-hydrogen) atoms. The quantitative estimate of drug-likeness (QED) is 0.723. The van der Waals surface area contributed by atoms with Gasteiger partial charge in [-0.05, 0) is 65.9 Å². The maximum atomic E-state index is 13.1. The molecule has 1 fully saturated rings. The number of hydrogen-bond donors (Lipinski definition) is 1. The van der Waals surface area contributed by atoms with Crippen LogP contribution in [0.3, 0.4) is 0 Å². The lowest BCUT2D eigenvalue weighted by Gasteiger charge is -2.22. The van der Waals surface area contributed by atoms with Gasteiger partial charge in [0, 0.05) is 5.56 Å². The van der Waals surface area contributed by atoms with Crippen molar-refractivity contribution in [2.24, 2.45) is 0 Å². The van der Waals surface area contributed by atoms with Crippen molar-refractivity contribution in [2.75, 3.05) is 14.2 Å². The zero-order chi connectivity index (χ0) is 19.0. The topological polar surface area (TPSA) is 47.6 Å². The summed E-state index contributed by atoms with van der Waals surface area (Å²) in [6, 6.07) is 17.9. The summed E-state index contributed by atoms with van der Waals surface area (Å²) < 4.78 is 10.8. The molecule has 4 nitrogen and oxygen atoms in total. The fourth-order valence-corrected chi connectivity index (χ4v) is 3.64. The van der Waals surface area contributed by atoms with Crippen LogP contribution in [0.1, 0.15) is 34.3 Å². The fourth-order valence-electron chi connectivity index (χ4n) is 3.64. The summed E-state index contributed by atoms with van der Waals surface area (Å²) in [4.78, 5) is 13.1. The highest BCUT2D eigenvalue weighted by molar-refractivity contribution is 5.98. The first-order valence-electron chi connectivity index (χ1n) is 9.11. The zero-order valence-corrected chi connectivity index (χ0v) is 15.8. The van der Waals surface area contributed by atoms with Crippen LogP contribution in [0, 0.1) is 6.92 Å². The molecular weight excluding hydrogens is 338 g/mol. The van der Waals surface area contributed by atoms with Gasteiger partial charge in [-0.2, -0.15) is 0 Å². The average molecular weight is 361 g/mol. The van der Waals surface area contributed by atoms with E-state index in [2.05, 4.69) is 17.4 Å². The van der Waals surface area contributed by atoms with Gasteiger partial charge >= 0.3 is 0 Å². The second kappa shape index (κ2) is 6.62. The summed E-state index contributed by atoms with van der Waals surface area (Å²) in [5, 5.41) is 5.55. The van der Waals surface area contributed by atoms with Crippen molar-refractivity contribution >= 4 is 16.7 Å². The van der Waals surface area contributed by atoms with Crippen LogP contribution in [0.25, 0.3) is 10.8 Å². The molecule has 1 saturated carbocycles. The molecule has 0 radical (unpaired) electrons. The Morgan fingerprint density at radius 2 is 1.70 bits per heavy atom. The van der Waals surface area contributed by atoms with Crippen molar-refractivity contribution < 1.29 is 14.3 Å². The number of carbonyl (C=O) groups excluding carboxylic acids is 1. The number of ether oxygens (including phenoxy) is 2. The van der Waals surface area contributed by atoms with E-state index in [0.717, 1.165) is 40.5 Å². The summed E-state index contributed by atoms with van der Waals surface area (Å²) in [6.45, 7) is 1.94. The molecule has 0 heterocycles. The molecule has 0 aromatic heterocycles. The zero-order valence-electron chi connectivity index (χ0n) is 15.8. The van der Waals surface area contributed by atoms with Crippen molar-refractivity contribution in [3.8, 4) is 11.5 Å². The van der Waals surface area contributed by atoms with Crippen molar-refractivity contribution in [3.05, 3.63) is 71.3 Å². The van der Waals surface area contributed by atoms with Crippen LogP contribution in [0.5, 0.6) is 11.5 Å². The molecule has 0 saturated heterocycles. The summed E-state index contributed by atoms with van der Waals surface area (Å²) in [6.07, 6.45) is 1.83. The van der Waals surface area contributed by atoms with Crippen LogP contribution < -0.4 is 14.8 Å². The Balaban J connectivity index is 1.73. The maximum Gasteiger partial charge on any atom is 0.252 e. The third-order valence-electron chi connectivity index (χ3n) is 5.38. The van der Waals surface area contributed by atoms with Gasteiger partial charge in [-0.15, -0.1) is 0 Å². The highest BCUT2D eigenvalue weighted by Gasteiger charge is 2.47. The van der Waals surface area contributed by atoms with E-state index in [1.54, 1.807) is 20.3 Å². The van der Waals surface area contributed by atoms with Gasteiger partial charge in [-0.1, -0.05) is 30.3 Å². The van der Waals surface area contributed by atoms with Gasteiger partial charge in [0.1, 0.15) is 11.5 Å². The van der Waals surface area contributed by atoms with Crippen molar-refractivity contribution in [2.45, 2.75) is 25.3 Å². The van der Waals surface area contributed by atoms with Crippen LogP contribution >= 0.6 is 0 Å². The van der Waals surface area contributed by atoms with Crippen molar-refractivity contribution in [1.29, 1.82) is 0 Å². The van der Waals surface area contributed by atoms with Gasteiger partial charge in [-0.25, -0.2) is 0 Å². The predicted octanol–water partition coefficient (Wildman–Crippen LogP) is 4.58. The minimum absolute atomic E-state index is 0.0733. The van der Waals surface area contributed by atoms with Crippen LogP contribution in [0.15, 0.2) is 54.6 Å². The number of aryl methyl sites for hydroxylation is 1. The van der Waals surface area contributed by atoms with Gasteiger partial charge in [0.25, 0.3) is 5.91 Å². The minimum Gasteiger partial charge on any atom is -0.497 e.